The van der Waals surface area contributed by atoms with Crippen molar-refractivity contribution in [1.29, 1.82) is 0 Å². The second-order valence-corrected chi connectivity index (χ2v) is 12.6. The maximum Gasteiger partial charge on any atom is 0.123 e. The van der Waals surface area contributed by atoms with Gasteiger partial charge < -0.3 is 0 Å². The van der Waals surface area contributed by atoms with Crippen LogP contribution in [-0.4, -0.2) is 0 Å². The van der Waals surface area contributed by atoms with Crippen LogP contribution in [0.5, 0.6) is 0 Å². The van der Waals surface area contributed by atoms with Crippen molar-refractivity contribution < 1.29 is 4.39 Å². The van der Waals surface area contributed by atoms with Gasteiger partial charge in [0.1, 0.15) is 5.82 Å². The van der Waals surface area contributed by atoms with Gasteiger partial charge in [0.05, 0.1) is 0 Å². The largest absolute Gasteiger partial charge is 0.207 e. The van der Waals surface area contributed by atoms with Crippen molar-refractivity contribution >= 4 is 64.6 Å². The molecular formula is C46H27F. The summed E-state index contributed by atoms with van der Waals surface area (Å²) in [5.41, 5.74) is 7.28. The lowest BCUT2D eigenvalue weighted by Crippen LogP contribution is -1.90. The molecule has 0 radical (unpaired) electrons. The molecule has 47 heavy (non-hydrogen) atoms. The first kappa shape index (κ1) is 26.2. The molecule has 0 spiro atoms. The Hall–Kier alpha value is -6.05. The summed E-state index contributed by atoms with van der Waals surface area (Å²) < 4.78 is 13.9. The van der Waals surface area contributed by atoms with E-state index in [0.29, 0.717) is 0 Å². The van der Waals surface area contributed by atoms with Crippen LogP contribution in [0.15, 0.2) is 164 Å². The number of benzene rings is 10. The van der Waals surface area contributed by atoms with Crippen molar-refractivity contribution in [2.24, 2.45) is 0 Å². The van der Waals surface area contributed by atoms with Gasteiger partial charge in [-0.15, -0.1) is 0 Å². The predicted octanol–water partition coefficient (Wildman–Crippen LogP) is 13.2. The van der Waals surface area contributed by atoms with Gasteiger partial charge in [-0.05, 0) is 122 Å². The molecule has 0 saturated carbocycles. The summed E-state index contributed by atoms with van der Waals surface area (Å²) in [6.45, 7) is 0. The van der Waals surface area contributed by atoms with Crippen LogP contribution in [0.3, 0.4) is 0 Å². The zero-order valence-electron chi connectivity index (χ0n) is 25.5. The molecule has 1 heteroatoms. The number of hydrogen-bond donors (Lipinski definition) is 0. The summed E-state index contributed by atoms with van der Waals surface area (Å²) in [5.74, 6) is -0.208. The number of halogens is 1. The summed E-state index contributed by atoms with van der Waals surface area (Å²) in [4.78, 5) is 0. The molecule has 0 aliphatic carbocycles. The highest BCUT2D eigenvalue weighted by atomic mass is 19.1. The summed E-state index contributed by atoms with van der Waals surface area (Å²) >= 11 is 0. The van der Waals surface area contributed by atoms with Crippen LogP contribution in [-0.2, 0) is 0 Å². The molecule has 0 heterocycles. The van der Waals surface area contributed by atoms with E-state index in [1.54, 1.807) is 6.07 Å². The SMILES string of the molecule is Fc1ccc2cc(-c3ccc4ccc5c(-c6ccc(-c7c8ccccc8cc8ccccc78)cc6)ccc6ccc3c4c65)ccc2c1. The van der Waals surface area contributed by atoms with Crippen LogP contribution >= 0.6 is 0 Å². The molecule has 10 aromatic rings. The molecule has 0 aliphatic rings. The van der Waals surface area contributed by atoms with Gasteiger partial charge in [-0.25, -0.2) is 4.39 Å². The van der Waals surface area contributed by atoms with Gasteiger partial charge in [-0.1, -0.05) is 140 Å². The highest BCUT2D eigenvalue weighted by Crippen LogP contribution is 2.43. The quantitative estimate of drug-likeness (QED) is 0.140. The molecule has 0 aromatic heterocycles. The second-order valence-electron chi connectivity index (χ2n) is 12.6. The third-order valence-electron chi connectivity index (χ3n) is 10.0. The van der Waals surface area contributed by atoms with Crippen molar-refractivity contribution in [2.75, 3.05) is 0 Å². The van der Waals surface area contributed by atoms with Gasteiger partial charge >= 0.3 is 0 Å². The zero-order valence-corrected chi connectivity index (χ0v) is 25.5. The zero-order chi connectivity index (χ0) is 31.1. The van der Waals surface area contributed by atoms with Gasteiger partial charge in [0.2, 0.25) is 0 Å². The van der Waals surface area contributed by atoms with E-state index in [4.69, 9.17) is 0 Å². The van der Waals surface area contributed by atoms with Gasteiger partial charge in [0.25, 0.3) is 0 Å². The van der Waals surface area contributed by atoms with Crippen LogP contribution in [0.1, 0.15) is 0 Å². The first-order chi connectivity index (χ1) is 23.2. The number of rotatable bonds is 3. The van der Waals surface area contributed by atoms with E-state index >= 15 is 0 Å². The maximum absolute atomic E-state index is 13.9. The topological polar surface area (TPSA) is 0 Å². The monoisotopic (exact) mass is 598 g/mol. The van der Waals surface area contributed by atoms with Crippen LogP contribution in [0, 0.1) is 5.82 Å². The molecule has 218 valence electrons. The average molecular weight is 599 g/mol. The summed E-state index contributed by atoms with van der Waals surface area (Å²) in [5, 5.41) is 14.6. The van der Waals surface area contributed by atoms with Gasteiger partial charge in [0.15, 0.2) is 0 Å². The van der Waals surface area contributed by atoms with Crippen molar-refractivity contribution in [1.82, 2.24) is 0 Å². The Kier molecular flexibility index (Phi) is 5.56. The average Bonchev–Trinajstić information content (AvgIpc) is 3.12. The minimum atomic E-state index is -0.208. The molecule has 0 N–H and O–H groups in total. The van der Waals surface area contributed by atoms with Crippen molar-refractivity contribution in [3.63, 3.8) is 0 Å². The van der Waals surface area contributed by atoms with E-state index in [1.807, 2.05) is 12.1 Å². The smallest absolute Gasteiger partial charge is 0.123 e. The summed E-state index contributed by atoms with van der Waals surface area (Å²) in [6, 6.07) is 58.2. The Bertz CT molecular complexity index is 2790. The normalized spacial score (nSPS) is 11.9. The van der Waals surface area contributed by atoms with Crippen molar-refractivity contribution in [2.45, 2.75) is 0 Å². The Balaban J connectivity index is 1.14. The molecule has 0 bridgehead atoms. The van der Waals surface area contributed by atoms with Gasteiger partial charge in [-0.3, -0.25) is 0 Å². The molecule has 0 saturated heterocycles. The van der Waals surface area contributed by atoms with Crippen LogP contribution in [0.4, 0.5) is 4.39 Å². The van der Waals surface area contributed by atoms with Crippen LogP contribution in [0.2, 0.25) is 0 Å². The number of hydrogen-bond acceptors (Lipinski definition) is 0. The third-order valence-corrected chi connectivity index (χ3v) is 10.0. The van der Waals surface area contributed by atoms with E-state index in [1.165, 1.54) is 87.7 Å². The van der Waals surface area contributed by atoms with Crippen LogP contribution < -0.4 is 0 Å². The fourth-order valence-electron chi connectivity index (χ4n) is 7.83. The van der Waals surface area contributed by atoms with Crippen LogP contribution in [0.25, 0.3) is 98.0 Å². The molecule has 0 amide bonds. The first-order valence-electron chi connectivity index (χ1n) is 16.1. The highest BCUT2D eigenvalue weighted by molar-refractivity contribution is 6.27. The Morgan fingerprint density at radius 2 is 0.787 bits per heavy atom. The second kappa shape index (κ2) is 9.97. The molecule has 0 unspecified atom stereocenters. The molecule has 0 atom stereocenters. The standard InChI is InChI=1S/C46H27F/c47-37-20-15-32-25-36(14-13-33(32)27-37)39-22-17-31-18-23-42-38(21-16-30-19-24-43(39)46(31)45(30)42)28-9-11-29(12-10-28)44-40-7-3-1-5-34(40)26-35-6-2-4-8-41(35)44/h1-27H. The highest BCUT2D eigenvalue weighted by Gasteiger charge is 2.16. The minimum absolute atomic E-state index is 0.208. The van der Waals surface area contributed by atoms with E-state index in [-0.39, 0.29) is 5.82 Å². The fraction of sp³-hybridized carbons (Fsp3) is 0. The predicted molar refractivity (Wildman–Crippen MR) is 199 cm³/mol. The van der Waals surface area contributed by atoms with E-state index in [2.05, 4.69) is 140 Å². The lowest BCUT2D eigenvalue weighted by molar-refractivity contribution is 0.630. The lowest BCUT2D eigenvalue weighted by atomic mass is 9.86. The molecule has 0 nitrogen and oxygen atoms in total. The van der Waals surface area contributed by atoms with Gasteiger partial charge in [-0.2, -0.15) is 0 Å². The van der Waals surface area contributed by atoms with Crippen molar-refractivity contribution in [3.8, 4) is 33.4 Å². The Morgan fingerprint density at radius 3 is 1.45 bits per heavy atom. The minimum Gasteiger partial charge on any atom is -0.207 e. The first-order valence-corrected chi connectivity index (χ1v) is 16.1. The van der Waals surface area contributed by atoms with Crippen molar-refractivity contribution in [3.05, 3.63) is 170 Å². The van der Waals surface area contributed by atoms with E-state index < -0.39 is 0 Å². The molecule has 0 fully saturated rings. The Morgan fingerprint density at radius 1 is 0.298 bits per heavy atom. The van der Waals surface area contributed by atoms with Gasteiger partial charge in [0, 0.05) is 0 Å². The molecule has 10 aromatic carbocycles. The summed E-state index contributed by atoms with van der Waals surface area (Å²) in [6.07, 6.45) is 0. The number of fused-ring (bicyclic) bond motifs is 3. The molecular weight excluding hydrogens is 572 g/mol. The van der Waals surface area contributed by atoms with E-state index in [9.17, 15) is 4.39 Å². The fourth-order valence-corrected chi connectivity index (χ4v) is 7.83. The van der Waals surface area contributed by atoms with E-state index in [0.717, 1.165) is 16.3 Å². The summed E-state index contributed by atoms with van der Waals surface area (Å²) in [7, 11) is 0. The third kappa shape index (κ3) is 4.00. The maximum atomic E-state index is 13.9. The Labute approximate surface area is 271 Å². The molecule has 10 rings (SSSR count). The molecule has 0 aliphatic heterocycles. The lowest BCUT2D eigenvalue weighted by Gasteiger charge is -2.17.